The molecule has 2 N–H and O–H groups in total. The molecule has 0 aromatic rings. The van der Waals surface area contributed by atoms with Gasteiger partial charge in [-0.2, -0.15) is 0 Å². The molecule has 1 aliphatic carbocycles. The van der Waals surface area contributed by atoms with Crippen molar-refractivity contribution in [3.05, 3.63) is 0 Å². The third-order valence-corrected chi connectivity index (χ3v) is 2.99. The second-order valence-corrected chi connectivity index (χ2v) is 4.56. The van der Waals surface area contributed by atoms with Gasteiger partial charge in [-0.3, -0.25) is 0 Å². The molecule has 0 saturated heterocycles. The molecule has 2 nitrogen and oxygen atoms in total. The predicted molar refractivity (Wildman–Crippen MR) is 57.7 cm³/mol. The van der Waals surface area contributed by atoms with Crippen LogP contribution >= 0.6 is 0 Å². The molecule has 0 aliphatic heterocycles. The minimum Gasteiger partial charge on any atom is -0.328 e. The smallest absolute Gasteiger partial charge is 0.00965 e. The van der Waals surface area contributed by atoms with Crippen molar-refractivity contribution in [3.63, 3.8) is 0 Å². The van der Waals surface area contributed by atoms with Crippen LogP contribution < -0.4 is 5.73 Å². The highest BCUT2D eigenvalue weighted by atomic mass is 15.2. The second kappa shape index (κ2) is 4.97. The van der Waals surface area contributed by atoms with E-state index >= 15 is 0 Å². The Morgan fingerprint density at radius 1 is 1.38 bits per heavy atom. The van der Waals surface area contributed by atoms with Crippen LogP contribution in [0.4, 0.5) is 0 Å². The summed E-state index contributed by atoms with van der Waals surface area (Å²) in [6, 6.07) is 1.22. The van der Waals surface area contributed by atoms with E-state index in [0.717, 1.165) is 6.04 Å². The van der Waals surface area contributed by atoms with Gasteiger partial charge in [-0.25, -0.2) is 0 Å². The van der Waals surface area contributed by atoms with Gasteiger partial charge in [-0.1, -0.05) is 13.8 Å². The maximum Gasteiger partial charge on any atom is 0.00965 e. The molecule has 13 heavy (non-hydrogen) atoms. The van der Waals surface area contributed by atoms with Gasteiger partial charge in [0.2, 0.25) is 0 Å². The van der Waals surface area contributed by atoms with Crippen molar-refractivity contribution in [2.75, 3.05) is 13.1 Å². The second-order valence-electron chi connectivity index (χ2n) is 4.56. The van der Waals surface area contributed by atoms with Gasteiger partial charge in [0.25, 0.3) is 0 Å². The summed E-state index contributed by atoms with van der Waals surface area (Å²) in [5.41, 5.74) is 5.87. The molecule has 1 rings (SSSR count). The fourth-order valence-electron chi connectivity index (χ4n) is 1.69. The Bertz CT molecular complexity index is 141. The van der Waals surface area contributed by atoms with Crippen LogP contribution in [0.2, 0.25) is 0 Å². The van der Waals surface area contributed by atoms with Gasteiger partial charge in [0.1, 0.15) is 0 Å². The highest BCUT2D eigenvalue weighted by Gasteiger charge is 2.29. The molecule has 0 radical (unpaired) electrons. The van der Waals surface area contributed by atoms with Crippen LogP contribution in [0.25, 0.3) is 0 Å². The zero-order chi connectivity index (χ0) is 9.84. The zero-order valence-corrected chi connectivity index (χ0v) is 9.29. The molecule has 1 fully saturated rings. The predicted octanol–water partition coefficient (Wildman–Crippen LogP) is 1.84. The fourth-order valence-corrected chi connectivity index (χ4v) is 1.69. The lowest BCUT2D eigenvalue weighted by Gasteiger charge is -2.26. The molecular formula is C11H24N2. The Hall–Kier alpha value is -0.0800. The first kappa shape index (κ1) is 11.0. The Morgan fingerprint density at radius 3 is 2.38 bits per heavy atom. The van der Waals surface area contributed by atoms with E-state index < -0.39 is 0 Å². The van der Waals surface area contributed by atoms with Crippen LogP contribution in [0.3, 0.4) is 0 Å². The van der Waals surface area contributed by atoms with Gasteiger partial charge in [0.05, 0.1) is 0 Å². The van der Waals surface area contributed by atoms with Gasteiger partial charge in [0.15, 0.2) is 0 Å². The molecule has 0 heterocycles. The molecule has 2 heteroatoms. The Balaban J connectivity index is 2.28. The van der Waals surface area contributed by atoms with Gasteiger partial charge in [0, 0.05) is 18.6 Å². The summed E-state index contributed by atoms with van der Waals surface area (Å²) in [5.74, 6) is 0.632. The van der Waals surface area contributed by atoms with Crippen LogP contribution in [-0.4, -0.2) is 30.1 Å². The third-order valence-electron chi connectivity index (χ3n) is 2.99. The number of hydrogen-bond acceptors (Lipinski definition) is 2. The van der Waals surface area contributed by atoms with E-state index in [-0.39, 0.29) is 0 Å². The van der Waals surface area contributed by atoms with Crippen molar-refractivity contribution < 1.29 is 0 Å². The van der Waals surface area contributed by atoms with Crippen molar-refractivity contribution in [2.45, 2.75) is 52.1 Å². The van der Waals surface area contributed by atoms with E-state index in [1.54, 1.807) is 0 Å². The molecule has 0 aromatic heterocycles. The van der Waals surface area contributed by atoms with E-state index in [0.29, 0.717) is 12.0 Å². The monoisotopic (exact) mass is 184 g/mol. The van der Waals surface area contributed by atoms with E-state index in [1.165, 1.54) is 32.4 Å². The lowest BCUT2D eigenvalue weighted by Crippen LogP contribution is -2.37. The SMILES string of the molecule is CCCN(CC(C)C(C)N)C1CC1. The molecule has 2 atom stereocenters. The van der Waals surface area contributed by atoms with Crippen molar-refractivity contribution >= 4 is 0 Å². The van der Waals surface area contributed by atoms with Crippen LogP contribution in [0.5, 0.6) is 0 Å². The number of nitrogens with two attached hydrogens (primary N) is 1. The summed E-state index contributed by atoms with van der Waals surface area (Å²) in [5, 5.41) is 0. The van der Waals surface area contributed by atoms with Gasteiger partial charge in [-0.05, 0) is 38.6 Å². The maximum absolute atomic E-state index is 5.87. The van der Waals surface area contributed by atoms with E-state index in [9.17, 15) is 0 Å². The van der Waals surface area contributed by atoms with Gasteiger partial charge in [-0.15, -0.1) is 0 Å². The quantitative estimate of drug-likeness (QED) is 0.682. The Morgan fingerprint density at radius 2 is 2.00 bits per heavy atom. The molecule has 0 bridgehead atoms. The normalized spacial score (nSPS) is 21.9. The maximum atomic E-state index is 5.87. The molecule has 0 amide bonds. The summed E-state index contributed by atoms with van der Waals surface area (Å²) >= 11 is 0. The fraction of sp³-hybridized carbons (Fsp3) is 1.00. The standard InChI is InChI=1S/C11H24N2/c1-4-7-13(11-5-6-11)8-9(2)10(3)12/h9-11H,4-8,12H2,1-3H3. The average Bonchev–Trinajstić information content (AvgIpc) is 2.85. The first-order chi connectivity index (χ1) is 6.15. The van der Waals surface area contributed by atoms with Crippen molar-refractivity contribution in [2.24, 2.45) is 11.7 Å². The van der Waals surface area contributed by atoms with Gasteiger partial charge < -0.3 is 10.6 Å². The first-order valence-corrected chi connectivity index (χ1v) is 5.64. The molecular weight excluding hydrogens is 160 g/mol. The number of rotatable bonds is 6. The van der Waals surface area contributed by atoms with Crippen LogP contribution in [0.15, 0.2) is 0 Å². The minimum absolute atomic E-state index is 0.332. The topological polar surface area (TPSA) is 29.3 Å². The highest BCUT2D eigenvalue weighted by Crippen LogP contribution is 2.27. The summed E-state index contributed by atoms with van der Waals surface area (Å²) in [6.45, 7) is 9.07. The van der Waals surface area contributed by atoms with Gasteiger partial charge >= 0.3 is 0 Å². The first-order valence-electron chi connectivity index (χ1n) is 5.64. The van der Waals surface area contributed by atoms with Crippen molar-refractivity contribution in [3.8, 4) is 0 Å². The van der Waals surface area contributed by atoms with Crippen LogP contribution in [0, 0.1) is 5.92 Å². The van der Waals surface area contributed by atoms with Crippen molar-refractivity contribution in [1.29, 1.82) is 0 Å². The molecule has 78 valence electrons. The molecule has 2 unspecified atom stereocenters. The summed E-state index contributed by atoms with van der Waals surface area (Å²) in [7, 11) is 0. The minimum atomic E-state index is 0.332. The van der Waals surface area contributed by atoms with E-state index in [1.807, 2.05) is 0 Å². The lowest BCUT2D eigenvalue weighted by molar-refractivity contribution is 0.216. The molecule has 0 spiro atoms. The zero-order valence-electron chi connectivity index (χ0n) is 9.29. The summed E-state index contributed by atoms with van der Waals surface area (Å²) in [4.78, 5) is 2.62. The van der Waals surface area contributed by atoms with Crippen LogP contribution in [-0.2, 0) is 0 Å². The number of hydrogen-bond donors (Lipinski definition) is 1. The van der Waals surface area contributed by atoms with Crippen molar-refractivity contribution in [1.82, 2.24) is 4.90 Å². The average molecular weight is 184 g/mol. The largest absolute Gasteiger partial charge is 0.328 e. The molecule has 1 saturated carbocycles. The Kier molecular flexibility index (Phi) is 4.20. The molecule has 0 aromatic carbocycles. The summed E-state index contributed by atoms with van der Waals surface area (Å²) in [6.07, 6.45) is 4.08. The Labute approximate surface area is 82.5 Å². The third kappa shape index (κ3) is 3.65. The van der Waals surface area contributed by atoms with E-state index in [2.05, 4.69) is 25.7 Å². The summed E-state index contributed by atoms with van der Waals surface area (Å²) < 4.78 is 0. The molecule has 1 aliphatic rings. The number of nitrogens with zero attached hydrogens (tertiary/aromatic N) is 1. The highest BCUT2D eigenvalue weighted by molar-refractivity contribution is 4.85. The van der Waals surface area contributed by atoms with Crippen LogP contribution in [0.1, 0.15) is 40.0 Å². The van der Waals surface area contributed by atoms with E-state index in [4.69, 9.17) is 5.73 Å². The lowest BCUT2D eigenvalue weighted by atomic mass is 10.0.